The van der Waals surface area contributed by atoms with Crippen molar-refractivity contribution < 1.29 is 41.3 Å². The zero-order chi connectivity index (χ0) is 33.1. The first kappa shape index (κ1) is 33.5. The van der Waals surface area contributed by atoms with Gasteiger partial charge in [0.1, 0.15) is 5.56 Å². The molecule has 3 aromatic rings. The smallest absolute Gasteiger partial charge is 0.257 e. The summed E-state index contributed by atoms with van der Waals surface area (Å²) in [5.41, 5.74) is 1.49. The molecule has 3 heterocycles. The van der Waals surface area contributed by atoms with Crippen LogP contribution in [0.3, 0.4) is 0 Å². The van der Waals surface area contributed by atoms with Gasteiger partial charge in [-0.05, 0) is 62.0 Å². The van der Waals surface area contributed by atoms with E-state index in [1.807, 2.05) is 24.3 Å². The number of ether oxygens (including phenoxy) is 2. The number of nitrogens with zero attached hydrogens (tertiary/aromatic N) is 2. The van der Waals surface area contributed by atoms with Gasteiger partial charge >= 0.3 is 0 Å². The normalized spacial score (nSPS) is 23.8. The number of rotatable bonds is 10. The number of aliphatic hydroxyl groups excluding tert-OH is 1. The molecule has 47 heavy (non-hydrogen) atoms. The highest BCUT2D eigenvalue weighted by Crippen LogP contribution is 2.39. The summed E-state index contributed by atoms with van der Waals surface area (Å²) in [5, 5.41) is 11.7. The molecular formula is C35H38F5N3O4. The molecule has 0 bridgehead atoms. The second-order valence-corrected chi connectivity index (χ2v) is 12.5. The number of carbonyl (C=O) groups excluding carboxylic acids is 1. The average molecular weight is 660 g/mol. The van der Waals surface area contributed by atoms with Gasteiger partial charge < -0.3 is 24.8 Å². The van der Waals surface area contributed by atoms with Crippen molar-refractivity contribution in [1.29, 1.82) is 0 Å². The number of nitrogens with one attached hydrogen (secondary N) is 1. The van der Waals surface area contributed by atoms with Crippen molar-refractivity contribution in [2.45, 2.75) is 69.8 Å². The number of halogens is 5. The lowest BCUT2D eigenvalue weighted by atomic mass is 9.99. The monoisotopic (exact) mass is 659 g/mol. The summed E-state index contributed by atoms with van der Waals surface area (Å²) in [4.78, 5) is 17.5. The molecule has 3 aliphatic heterocycles. The van der Waals surface area contributed by atoms with Gasteiger partial charge in [-0.1, -0.05) is 48.5 Å². The molecule has 3 saturated heterocycles. The van der Waals surface area contributed by atoms with Crippen molar-refractivity contribution in [1.82, 2.24) is 15.1 Å². The number of aliphatic hydroxyl groups is 1. The third kappa shape index (κ3) is 7.52. The Balaban J connectivity index is 1.15. The molecule has 3 aromatic carbocycles. The first-order valence-electron chi connectivity index (χ1n) is 16.1. The molecule has 12 heteroatoms. The molecule has 2 N–H and O–H groups in total. The van der Waals surface area contributed by atoms with Gasteiger partial charge in [0, 0.05) is 37.7 Å². The van der Waals surface area contributed by atoms with Crippen LogP contribution in [0.15, 0.2) is 48.5 Å². The highest BCUT2D eigenvalue weighted by molar-refractivity contribution is 5.94. The molecule has 252 valence electrons. The third-order valence-corrected chi connectivity index (χ3v) is 9.36. The zero-order valence-electron chi connectivity index (χ0n) is 25.9. The Labute approximate surface area is 270 Å². The van der Waals surface area contributed by atoms with Gasteiger partial charge in [-0.2, -0.15) is 0 Å². The lowest BCUT2D eigenvalue weighted by Crippen LogP contribution is -2.45. The minimum Gasteiger partial charge on any atom is -0.392 e. The summed E-state index contributed by atoms with van der Waals surface area (Å²) in [7, 11) is 0. The van der Waals surface area contributed by atoms with Gasteiger partial charge in [-0.3, -0.25) is 9.69 Å². The number of benzene rings is 3. The van der Waals surface area contributed by atoms with Gasteiger partial charge in [0.05, 0.1) is 18.8 Å². The fourth-order valence-electron chi connectivity index (χ4n) is 6.77. The summed E-state index contributed by atoms with van der Waals surface area (Å²) >= 11 is 0. The number of carbonyl (C=O) groups is 1. The van der Waals surface area contributed by atoms with Crippen molar-refractivity contribution in [3.8, 4) is 0 Å². The number of likely N-dealkylation sites (tertiary alicyclic amines) is 2. The second-order valence-electron chi connectivity index (χ2n) is 12.5. The molecule has 3 fully saturated rings. The van der Waals surface area contributed by atoms with Gasteiger partial charge in [0.15, 0.2) is 29.6 Å². The van der Waals surface area contributed by atoms with E-state index in [1.165, 1.54) is 12.8 Å². The van der Waals surface area contributed by atoms with E-state index in [0.29, 0.717) is 18.0 Å². The maximum Gasteiger partial charge on any atom is 0.257 e. The second kappa shape index (κ2) is 14.8. The van der Waals surface area contributed by atoms with E-state index < -0.39 is 46.8 Å². The molecule has 4 atom stereocenters. The van der Waals surface area contributed by atoms with E-state index >= 15 is 0 Å². The lowest BCUT2D eigenvalue weighted by molar-refractivity contribution is -0.253. The fraction of sp³-hybridized carbons (Fsp3) is 0.457. The maximum atomic E-state index is 14.1. The molecule has 7 nitrogen and oxygen atoms in total. The van der Waals surface area contributed by atoms with Crippen LogP contribution in [0.25, 0.3) is 0 Å². The summed E-state index contributed by atoms with van der Waals surface area (Å²) < 4.78 is 81.7. The molecule has 0 saturated carbocycles. The minimum atomic E-state index is -2.33. The fourth-order valence-corrected chi connectivity index (χ4v) is 6.77. The van der Waals surface area contributed by atoms with Crippen molar-refractivity contribution in [2.24, 2.45) is 0 Å². The Kier molecular flexibility index (Phi) is 10.5. The van der Waals surface area contributed by atoms with Crippen LogP contribution in [-0.4, -0.2) is 65.7 Å². The third-order valence-electron chi connectivity index (χ3n) is 9.36. The Morgan fingerprint density at radius 3 is 2.04 bits per heavy atom. The van der Waals surface area contributed by atoms with E-state index in [2.05, 4.69) is 15.1 Å². The quantitative estimate of drug-likeness (QED) is 0.160. The largest absolute Gasteiger partial charge is 0.392 e. The number of amides is 1. The molecule has 1 amide bonds. The highest BCUT2D eigenvalue weighted by atomic mass is 19.2. The SMILES string of the molecule is O=C(NCc1ccc(C2OC(CN3CCCC3CN3CCCC3)CC(c3ccc(CO)cc3)O2)cc1)c1c(F)c(F)c(F)c(F)c1F. The molecule has 3 aliphatic rings. The topological polar surface area (TPSA) is 74.3 Å². The summed E-state index contributed by atoms with van der Waals surface area (Å²) in [6.45, 7) is 4.89. The lowest BCUT2D eigenvalue weighted by Gasteiger charge is -2.39. The van der Waals surface area contributed by atoms with Crippen molar-refractivity contribution in [3.63, 3.8) is 0 Å². The van der Waals surface area contributed by atoms with Crippen LogP contribution in [0.2, 0.25) is 0 Å². The summed E-state index contributed by atoms with van der Waals surface area (Å²) in [6.07, 6.45) is 4.41. The van der Waals surface area contributed by atoms with Gasteiger partial charge in [0.25, 0.3) is 5.91 Å². The summed E-state index contributed by atoms with van der Waals surface area (Å²) in [5.74, 6) is -12.5. The molecule has 4 unspecified atom stereocenters. The van der Waals surface area contributed by atoms with Gasteiger partial charge in [-0.25, -0.2) is 22.0 Å². The van der Waals surface area contributed by atoms with E-state index in [0.717, 1.165) is 62.3 Å². The Morgan fingerprint density at radius 2 is 1.38 bits per heavy atom. The predicted octanol–water partition coefficient (Wildman–Crippen LogP) is 5.91. The Bertz CT molecular complexity index is 1520. The zero-order valence-corrected chi connectivity index (χ0v) is 25.9. The van der Waals surface area contributed by atoms with Crippen molar-refractivity contribution in [2.75, 3.05) is 32.7 Å². The molecule has 0 spiro atoms. The molecule has 0 aliphatic carbocycles. The predicted molar refractivity (Wildman–Crippen MR) is 163 cm³/mol. The van der Waals surface area contributed by atoms with Crippen LogP contribution in [0.4, 0.5) is 22.0 Å². The average Bonchev–Trinajstić information content (AvgIpc) is 3.78. The number of hydrogen-bond acceptors (Lipinski definition) is 6. The van der Waals surface area contributed by atoms with Gasteiger partial charge in [-0.15, -0.1) is 0 Å². The molecular weight excluding hydrogens is 621 g/mol. The van der Waals surface area contributed by atoms with E-state index in [4.69, 9.17) is 9.47 Å². The Morgan fingerprint density at radius 1 is 0.766 bits per heavy atom. The van der Waals surface area contributed by atoms with Gasteiger partial charge in [0.2, 0.25) is 5.82 Å². The van der Waals surface area contributed by atoms with Crippen LogP contribution in [0, 0.1) is 29.1 Å². The first-order valence-corrected chi connectivity index (χ1v) is 16.1. The van der Waals surface area contributed by atoms with Crippen LogP contribution in [-0.2, 0) is 22.6 Å². The first-order chi connectivity index (χ1) is 22.7. The standard InChI is InChI=1S/C35H38F5N3O4/c36-29-28(30(37)32(39)33(40)31(29)38)34(45)41-17-21-5-11-24(12-6-21)35-46-26(16-27(47-35)23-9-7-22(20-44)8-10-23)19-43-15-3-4-25(43)18-42-13-1-2-14-42/h5-12,25-27,35,44H,1-4,13-20H2,(H,41,45). The van der Waals surface area contributed by atoms with Crippen LogP contribution >= 0.6 is 0 Å². The molecule has 6 rings (SSSR count). The molecule has 0 radical (unpaired) electrons. The summed E-state index contributed by atoms with van der Waals surface area (Å²) in [6, 6.07) is 15.0. The van der Waals surface area contributed by atoms with E-state index in [-0.39, 0.29) is 25.4 Å². The number of hydrogen-bond donors (Lipinski definition) is 2. The maximum absolute atomic E-state index is 14.1. The van der Waals surface area contributed by atoms with E-state index in [1.54, 1.807) is 24.3 Å². The van der Waals surface area contributed by atoms with Crippen LogP contribution < -0.4 is 5.32 Å². The molecule has 0 aromatic heterocycles. The van der Waals surface area contributed by atoms with E-state index in [9.17, 15) is 31.9 Å². The van der Waals surface area contributed by atoms with Crippen molar-refractivity contribution >= 4 is 5.91 Å². The highest BCUT2D eigenvalue weighted by Gasteiger charge is 2.36. The minimum absolute atomic E-state index is 0.0537. The van der Waals surface area contributed by atoms with Crippen molar-refractivity contribution in [3.05, 3.63) is 105 Å². The Hall–Kier alpha value is -3.42. The van der Waals surface area contributed by atoms with Crippen LogP contribution in [0.5, 0.6) is 0 Å². The van der Waals surface area contributed by atoms with Crippen LogP contribution in [0.1, 0.15) is 77.1 Å².